The van der Waals surface area contributed by atoms with Gasteiger partial charge < -0.3 is 5.73 Å². The summed E-state index contributed by atoms with van der Waals surface area (Å²) in [7, 11) is 0. The van der Waals surface area contributed by atoms with Crippen molar-refractivity contribution < 1.29 is 8.78 Å². The van der Waals surface area contributed by atoms with E-state index in [0.29, 0.717) is 5.56 Å². The van der Waals surface area contributed by atoms with Gasteiger partial charge in [-0.25, -0.2) is 13.8 Å². The number of alkyl halides is 2. The third kappa shape index (κ3) is 1.72. The molecular weight excluding hydrogens is 230 g/mol. The molecule has 12 heavy (non-hydrogen) atoms. The highest BCUT2D eigenvalue weighted by molar-refractivity contribution is 9.10. The van der Waals surface area contributed by atoms with E-state index in [1.807, 2.05) is 0 Å². The van der Waals surface area contributed by atoms with Crippen LogP contribution in [-0.4, -0.2) is 4.98 Å². The number of halogens is 3. The van der Waals surface area contributed by atoms with Crippen molar-refractivity contribution in [1.82, 2.24) is 4.98 Å². The Labute approximate surface area is 76.9 Å². The summed E-state index contributed by atoms with van der Waals surface area (Å²) >= 11 is 2.93. The van der Waals surface area contributed by atoms with Gasteiger partial charge in [0.25, 0.3) is 6.43 Å². The smallest absolute Gasteiger partial charge is 0.266 e. The normalized spacial score (nSPS) is 10.8. The molecule has 0 aliphatic carbocycles. The Hall–Kier alpha value is -0.710. The molecule has 0 fully saturated rings. The summed E-state index contributed by atoms with van der Waals surface area (Å²) in [5.74, 6) is 0.240. The van der Waals surface area contributed by atoms with E-state index in [9.17, 15) is 8.78 Å². The van der Waals surface area contributed by atoms with Crippen LogP contribution in [0.25, 0.3) is 0 Å². The highest BCUT2D eigenvalue weighted by Crippen LogP contribution is 2.29. The summed E-state index contributed by atoms with van der Waals surface area (Å²) in [5.41, 5.74) is 5.70. The van der Waals surface area contributed by atoms with Crippen LogP contribution in [0.5, 0.6) is 0 Å². The van der Waals surface area contributed by atoms with Crippen molar-refractivity contribution in [3.63, 3.8) is 0 Å². The molecule has 1 aromatic rings. The molecule has 66 valence electrons. The number of nitrogens with two attached hydrogens (primary N) is 1. The van der Waals surface area contributed by atoms with Crippen LogP contribution in [0.4, 0.5) is 14.6 Å². The van der Waals surface area contributed by atoms with Crippen LogP contribution in [0, 0.1) is 6.92 Å². The van der Waals surface area contributed by atoms with E-state index in [0.717, 1.165) is 0 Å². The molecule has 1 aromatic heterocycles. The molecule has 0 unspecified atom stereocenters. The molecule has 2 N–H and O–H groups in total. The fraction of sp³-hybridized carbons (Fsp3) is 0.286. The molecule has 0 bridgehead atoms. The van der Waals surface area contributed by atoms with E-state index in [-0.39, 0.29) is 16.0 Å². The first-order valence-electron chi connectivity index (χ1n) is 3.23. The lowest BCUT2D eigenvalue weighted by atomic mass is 10.2. The topological polar surface area (TPSA) is 38.9 Å². The van der Waals surface area contributed by atoms with Gasteiger partial charge >= 0.3 is 0 Å². The SMILES string of the molecule is Cc1cc(N)nc(Br)c1C(F)F. The maximum absolute atomic E-state index is 12.3. The molecule has 0 aromatic carbocycles. The Morgan fingerprint density at radius 3 is 2.58 bits per heavy atom. The average molecular weight is 237 g/mol. The predicted octanol–water partition coefficient (Wildman–Crippen LogP) is 2.67. The number of rotatable bonds is 1. The summed E-state index contributed by atoms with van der Waals surface area (Å²) in [6.07, 6.45) is -2.52. The van der Waals surface area contributed by atoms with Crippen LogP contribution in [-0.2, 0) is 0 Å². The molecule has 5 heteroatoms. The van der Waals surface area contributed by atoms with Gasteiger partial charge in [0.2, 0.25) is 0 Å². The van der Waals surface area contributed by atoms with Crippen LogP contribution in [0.15, 0.2) is 10.7 Å². The molecule has 0 amide bonds. The molecule has 0 atom stereocenters. The highest BCUT2D eigenvalue weighted by Gasteiger charge is 2.15. The van der Waals surface area contributed by atoms with E-state index in [1.165, 1.54) is 6.07 Å². The fourth-order valence-electron chi connectivity index (χ4n) is 0.930. The predicted molar refractivity (Wildman–Crippen MR) is 46.0 cm³/mol. The zero-order valence-corrected chi connectivity index (χ0v) is 7.90. The lowest BCUT2D eigenvalue weighted by molar-refractivity contribution is 0.149. The summed E-state index contributed by atoms with van der Waals surface area (Å²) in [6, 6.07) is 1.42. The first-order valence-corrected chi connectivity index (χ1v) is 4.02. The van der Waals surface area contributed by atoms with Gasteiger partial charge in [-0.3, -0.25) is 0 Å². The standard InChI is InChI=1S/C7H7BrF2N2/c1-3-2-4(11)12-6(8)5(3)7(9)10/h2,7H,1H3,(H2,11,12). The molecule has 0 spiro atoms. The Morgan fingerprint density at radius 2 is 2.17 bits per heavy atom. The van der Waals surface area contributed by atoms with Crippen LogP contribution in [0.1, 0.15) is 17.6 Å². The van der Waals surface area contributed by atoms with Gasteiger partial charge in [0.05, 0.1) is 5.56 Å². The number of hydrogen-bond donors (Lipinski definition) is 1. The summed E-state index contributed by atoms with van der Waals surface area (Å²) in [5, 5.41) is 0. The number of nitrogen functional groups attached to an aromatic ring is 1. The highest BCUT2D eigenvalue weighted by atomic mass is 79.9. The Balaban J connectivity index is 3.28. The van der Waals surface area contributed by atoms with E-state index in [4.69, 9.17) is 5.73 Å². The molecule has 1 rings (SSSR count). The zero-order valence-electron chi connectivity index (χ0n) is 6.31. The minimum Gasteiger partial charge on any atom is -0.384 e. The van der Waals surface area contributed by atoms with Crippen molar-refractivity contribution in [3.05, 3.63) is 21.8 Å². The van der Waals surface area contributed by atoms with Crippen LogP contribution >= 0.6 is 15.9 Å². The average Bonchev–Trinajstić information content (AvgIpc) is 1.82. The first kappa shape index (κ1) is 9.38. The Kier molecular flexibility index (Phi) is 2.62. The fourth-order valence-corrected chi connectivity index (χ4v) is 1.62. The zero-order chi connectivity index (χ0) is 9.30. The first-order chi connectivity index (χ1) is 5.52. The van der Waals surface area contributed by atoms with Crippen molar-refractivity contribution in [3.8, 4) is 0 Å². The van der Waals surface area contributed by atoms with E-state index < -0.39 is 6.43 Å². The molecule has 0 aliphatic rings. The van der Waals surface area contributed by atoms with Gasteiger partial charge in [-0.05, 0) is 34.5 Å². The quantitative estimate of drug-likeness (QED) is 0.762. The molecule has 0 saturated carbocycles. The summed E-state index contributed by atoms with van der Waals surface area (Å²) in [6.45, 7) is 1.57. The largest absolute Gasteiger partial charge is 0.384 e. The van der Waals surface area contributed by atoms with Crippen LogP contribution < -0.4 is 5.73 Å². The second-order valence-corrected chi connectivity index (χ2v) is 3.12. The number of hydrogen-bond acceptors (Lipinski definition) is 2. The maximum Gasteiger partial charge on any atom is 0.266 e. The monoisotopic (exact) mass is 236 g/mol. The lowest BCUT2D eigenvalue weighted by Gasteiger charge is -2.06. The molecule has 0 aliphatic heterocycles. The van der Waals surface area contributed by atoms with Crippen molar-refractivity contribution in [2.75, 3.05) is 5.73 Å². The number of pyridine rings is 1. The number of aromatic nitrogens is 1. The third-order valence-corrected chi connectivity index (χ3v) is 2.06. The van der Waals surface area contributed by atoms with Crippen molar-refractivity contribution in [2.45, 2.75) is 13.3 Å². The minimum atomic E-state index is -2.52. The molecule has 0 saturated heterocycles. The van der Waals surface area contributed by atoms with Crippen LogP contribution in [0.3, 0.4) is 0 Å². The molecule has 0 radical (unpaired) electrons. The Morgan fingerprint density at radius 1 is 1.58 bits per heavy atom. The maximum atomic E-state index is 12.3. The second-order valence-electron chi connectivity index (χ2n) is 2.37. The van der Waals surface area contributed by atoms with Gasteiger partial charge in [-0.2, -0.15) is 0 Å². The van der Waals surface area contributed by atoms with Crippen molar-refractivity contribution in [2.24, 2.45) is 0 Å². The summed E-state index contributed by atoms with van der Waals surface area (Å²) in [4.78, 5) is 3.67. The minimum absolute atomic E-state index is 0.0933. The number of aryl methyl sites for hydroxylation is 1. The molecule has 2 nitrogen and oxygen atoms in total. The van der Waals surface area contributed by atoms with Gasteiger partial charge in [-0.15, -0.1) is 0 Å². The van der Waals surface area contributed by atoms with Crippen molar-refractivity contribution in [1.29, 1.82) is 0 Å². The molecular formula is C7H7BrF2N2. The van der Waals surface area contributed by atoms with Crippen LogP contribution in [0.2, 0.25) is 0 Å². The lowest BCUT2D eigenvalue weighted by Crippen LogP contribution is -1.98. The van der Waals surface area contributed by atoms with E-state index >= 15 is 0 Å². The Bertz CT molecular complexity index is 278. The number of nitrogens with zero attached hydrogens (tertiary/aromatic N) is 1. The van der Waals surface area contributed by atoms with E-state index in [1.54, 1.807) is 6.92 Å². The van der Waals surface area contributed by atoms with Gasteiger partial charge in [0.1, 0.15) is 10.4 Å². The van der Waals surface area contributed by atoms with Gasteiger partial charge in [0.15, 0.2) is 0 Å². The van der Waals surface area contributed by atoms with Gasteiger partial charge in [-0.1, -0.05) is 0 Å². The number of anilines is 1. The molecule has 1 heterocycles. The second kappa shape index (κ2) is 3.35. The summed E-state index contributed by atoms with van der Waals surface area (Å²) < 4.78 is 24.7. The van der Waals surface area contributed by atoms with Crippen molar-refractivity contribution >= 4 is 21.7 Å². The van der Waals surface area contributed by atoms with E-state index in [2.05, 4.69) is 20.9 Å². The van der Waals surface area contributed by atoms with Gasteiger partial charge in [0, 0.05) is 0 Å². The third-order valence-electron chi connectivity index (χ3n) is 1.46.